The fourth-order valence-corrected chi connectivity index (χ4v) is 3.57. The molecule has 1 aliphatic rings. The van der Waals surface area contributed by atoms with Crippen molar-refractivity contribution in [1.29, 1.82) is 5.26 Å². The van der Waals surface area contributed by atoms with Gasteiger partial charge in [0, 0.05) is 23.7 Å². The molecule has 3 aromatic rings. The number of aryl methyl sites for hydroxylation is 1. The highest BCUT2D eigenvalue weighted by Gasteiger charge is 2.26. The summed E-state index contributed by atoms with van der Waals surface area (Å²) >= 11 is 0. The molecule has 0 radical (unpaired) electrons. The zero-order valence-corrected chi connectivity index (χ0v) is 16.7. The predicted molar refractivity (Wildman–Crippen MR) is 110 cm³/mol. The number of hydrogen-bond acceptors (Lipinski definition) is 7. The second-order valence-electron chi connectivity index (χ2n) is 7.33. The highest BCUT2D eigenvalue weighted by molar-refractivity contribution is 5.71. The third-order valence-corrected chi connectivity index (χ3v) is 5.24. The highest BCUT2D eigenvalue weighted by atomic mass is 19.1. The first-order valence-electron chi connectivity index (χ1n) is 9.74. The van der Waals surface area contributed by atoms with Crippen LogP contribution >= 0.6 is 0 Å². The molecule has 1 aliphatic carbocycles. The molecule has 2 heterocycles. The lowest BCUT2D eigenvalue weighted by atomic mass is 10.1. The molecule has 4 rings (SSSR count). The monoisotopic (exact) mass is 407 g/mol. The van der Waals surface area contributed by atoms with Gasteiger partial charge in [0.15, 0.2) is 11.5 Å². The van der Waals surface area contributed by atoms with E-state index in [1.54, 1.807) is 19.1 Å². The Labute approximate surface area is 173 Å². The second-order valence-corrected chi connectivity index (χ2v) is 7.33. The lowest BCUT2D eigenvalue weighted by molar-refractivity contribution is 0.207. The van der Waals surface area contributed by atoms with Gasteiger partial charge in [-0.25, -0.2) is 14.4 Å². The number of aromatic nitrogens is 4. The van der Waals surface area contributed by atoms with E-state index in [4.69, 9.17) is 10.00 Å². The Bertz CT molecular complexity index is 1070. The molecule has 3 N–H and O–H groups in total. The first-order chi connectivity index (χ1) is 14.6. The first-order valence-corrected chi connectivity index (χ1v) is 9.74. The van der Waals surface area contributed by atoms with Gasteiger partial charge < -0.3 is 15.4 Å². The van der Waals surface area contributed by atoms with Crippen molar-refractivity contribution in [3.63, 3.8) is 0 Å². The van der Waals surface area contributed by atoms with Crippen LogP contribution in [0, 0.1) is 24.1 Å². The topological polar surface area (TPSA) is 112 Å². The molecule has 154 valence electrons. The highest BCUT2D eigenvalue weighted by Crippen LogP contribution is 2.35. The average molecular weight is 407 g/mol. The summed E-state index contributed by atoms with van der Waals surface area (Å²) in [4.78, 5) is 8.10. The lowest BCUT2D eigenvalue weighted by Gasteiger charge is -2.17. The van der Waals surface area contributed by atoms with Crippen molar-refractivity contribution in [2.45, 2.75) is 38.3 Å². The van der Waals surface area contributed by atoms with Gasteiger partial charge in [-0.05, 0) is 44.9 Å². The van der Waals surface area contributed by atoms with Crippen LogP contribution < -0.4 is 15.4 Å². The minimum atomic E-state index is -0.303. The second kappa shape index (κ2) is 8.47. The van der Waals surface area contributed by atoms with Gasteiger partial charge >= 0.3 is 0 Å². The van der Waals surface area contributed by atoms with Crippen LogP contribution in [-0.4, -0.2) is 39.4 Å². The van der Waals surface area contributed by atoms with Gasteiger partial charge in [-0.1, -0.05) is 0 Å². The van der Waals surface area contributed by atoms with E-state index in [1.807, 2.05) is 13.1 Å². The number of H-pyrrole nitrogens is 1. The Kier molecular flexibility index (Phi) is 5.59. The number of halogens is 1. The number of rotatable bonds is 6. The van der Waals surface area contributed by atoms with Crippen molar-refractivity contribution in [2.24, 2.45) is 0 Å². The molecule has 1 aromatic carbocycles. The Morgan fingerprint density at radius 3 is 2.77 bits per heavy atom. The number of nitriles is 1. The zero-order valence-electron chi connectivity index (χ0n) is 16.7. The van der Waals surface area contributed by atoms with Crippen LogP contribution in [0.5, 0.6) is 5.75 Å². The van der Waals surface area contributed by atoms with Gasteiger partial charge in [-0.3, -0.25) is 5.10 Å². The Morgan fingerprint density at radius 1 is 1.20 bits per heavy atom. The van der Waals surface area contributed by atoms with E-state index in [0.29, 0.717) is 34.7 Å². The van der Waals surface area contributed by atoms with E-state index >= 15 is 0 Å². The van der Waals surface area contributed by atoms with Crippen molar-refractivity contribution in [2.75, 3.05) is 12.4 Å². The smallest absolute Gasteiger partial charge is 0.158 e. The van der Waals surface area contributed by atoms with Gasteiger partial charge in [-0.2, -0.15) is 10.4 Å². The standard InChI is InChI=1S/C21H22FN7O/c1-12-5-16(19(7-17(12)22)30-15-4-3-13(6-15)24-2)18-8-20(29-28-18)27-21-11-25-14(9-23)10-26-21/h5,7-8,10-11,13,15,24H,3-4,6H2,1-2H3,(H2,26,27,28,29)/t13-,15-/m1/s1. The van der Waals surface area contributed by atoms with Crippen LogP contribution in [-0.2, 0) is 0 Å². The number of nitrogens with one attached hydrogen (secondary N) is 3. The Morgan fingerprint density at radius 2 is 2.07 bits per heavy atom. The van der Waals surface area contributed by atoms with Crippen LogP contribution in [0.3, 0.4) is 0 Å². The van der Waals surface area contributed by atoms with E-state index in [-0.39, 0.29) is 17.6 Å². The Hall–Kier alpha value is -3.51. The molecule has 9 heteroatoms. The minimum Gasteiger partial charge on any atom is -0.490 e. The zero-order chi connectivity index (χ0) is 21.1. The maximum Gasteiger partial charge on any atom is 0.158 e. The lowest BCUT2D eigenvalue weighted by Crippen LogP contribution is -2.23. The maximum absolute atomic E-state index is 14.3. The van der Waals surface area contributed by atoms with Crippen LogP contribution in [0.15, 0.2) is 30.6 Å². The van der Waals surface area contributed by atoms with Gasteiger partial charge in [0.25, 0.3) is 0 Å². The normalized spacial score (nSPS) is 18.2. The van der Waals surface area contributed by atoms with E-state index in [1.165, 1.54) is 18.5 Å². The quantitative estimate of drug-likeness (QED) is 0.574. The first kappa shape index (κ1) is 19.8. The molecular formula is C21H22FN7O. The molecule has 0 saturated heterocycles. The number of hydrogen-bond donors (Lipinski definition) is 3. The molecular weight excluding hydrogens is 385 g/mol. The molecule has 2 aromatic heterocycles. The molecule has 0 bridgehead atoms. The fourth-order valence-electron chi connectivity index (χ4n) is 3.57. The van der Waals surface area contributed by atoms with E-state index in [0.717, 1.165) is 24.8 Å². The van der Waals surface area contributed by atoms with Gasteiger partial charge in [0.05, 0.1) is 18.1 Å². The summed E-state index contributed by atoms with van der Waals surface area (Å²) in [6, 6.07) is 7.34. The number of anilines is 2. The Balaban J connectivity index is 1.57. The van der Waals surface area contributed by atoms with Gasteiger partial charge in [0.1, 0.15) is 29.6 Å². The minimum absolute atomic E-state index is 0.0396. The molecule has 1 saturated carbocycles. The van der Waals surface area contributed by atoms with Gasteiger partial charge in [0.2, 0.25) is 0 Å². The molecule has 0 aliphatic heterocycles. The molecule has 0 amide bonds. The SMILES string of the molecule is CN[C@@H]1CC[C@@H](Oc2cc(F)c(C)cc2-c2cc(Nc3cnc(C#N)cn3)n[nH]2)C1. The van der Waals surface area contributed by atoms with Crippen molar-refractivity contribution in [3.8, 4) is 23.1 Å². The predicted octanol–water partition coefficient (Wildman–Crippen LogP) is 3.45. The molecule has 0 spiro atoms. The summed E-state index contributed by atoms with van der Waals surface area (Å²) in [5, 5.41) is 22.3. The fraction of sp³-hybridized carbons (Fsp3) is 0.333. The van der Waals surface area contributed by atoms with Crippen LogP contribution in [0.1, 0.15) is 30.5 Å². The molecule has 2 atom stereocenters. The summed E-state index contributed by atoms with van der Waals surface area (Å²) < 4.78 is 20.5. The van der Waals surface area contributed by atoms with Crippen LogP contribution in [0.4, 0.5) is 16.0 Å². The van der Waals surface area contributed by atoms with E-state index in [2.05, 4.69) is 30.8 Å². The van der Waals surface area contributed by atoms with E-state index < -0.39 is 0 Å². The molecule has 0 unspecified atom stereocenters. The summed E-state index contributed by atoms with van der Waals surface area (Å²) in [6.45, 7) is 1.72. The number of ether oxygens (including phenoxy) is 1. The van der Waals surface area contributed by atoms with Crippen molar-refractivity contribution < 1.29 is 9.13 Å². The molecule has 8 nitrogen and oxygen atoms in total. The van der Waals surface area contributed by atoms with Crippen molar-refractivity contribution in [3.05, 3.63) is 47.7 Å². The van der Waals surface area contributed by atoms with Crippen molar-refractivity contribution in [1.82, 2.24) is 25.5 Å². The molecule has 30 heavy (non-hydrogen) atoms. The number of aromatic amines is 1. The summed E-state index contributed by atoms with van der Waals surface area (Å²) in [7, 11) is 1.95. The number of benzene rings is 1. The van der Waals surface area contributed by atoms with Gasteiger partial charge in [-0.15, -0.1) is 0 Å². The van der Waals surface area contributed by atoms with Crippen LogP contribution in [0.2, 0.25) is 0 Å². The largest absolute Gasteiger partial charge is 0.490 e. The number of nitrogens with zero attached hydrogens (tertiary/aromatic N) is 4. The van der Waals surface area contributed by atoms with Crippen LogP contribution in [0.25, 0.3) is 11.3 Å². The summed E-state index contributed by atoms with van der Waals surface area (Å²) in [5.41, 5.74) is 2.20. The summed E-state index contributed by atoms with van der Waals surface area (Å²) in [5.74, 6) is 1.17. The summed E-state index contributed by atoms with van der Waals surface area (Å²) in [6.07, 6.45) is 5.73. The van der Waals surface area contributed by atoms with Crippen molar-refractivity contribution >= 4 is 11.6 Å². The molecule has 1 fully saturated rings. The third-order valence-electron chi connectivity index (χ3n) is 5.24. The average Bonchev–Trinajstić information content (AvgIpc) is 3.40. The third kappa shape index (κ3) is 4.23. The maximum atomic E-state index is 14.3. The van der Waals surface area contributed by atoms with E-state index in [9.17, 15) is 4.39 Å².